The summed E-state index contributed by atoms with van der Waals surface area (Å²) in [5.41, 5.74) is 2.10. The molecular weight excluding hydrogens is 256 g/mol. The lowest BCUT2D eigenvalue weighted by molar-refractivity contribution is 0.725. The van der Waals surface area contributed by atoms with Gasteiger partial charge in [0.05, 0.1) is 6.20 Å². The maximum atomic E-state index is 6.10. The predicted molar refractivity (Wildman–Crippen MR) is 68.8 cm³/mol. The zero-order valence-corrected chi connectivity index (χ0v) is 11.1. The molecule has 1 aliphatic rings. The quantitative estimate of drug-likeness (QED) is 0.785. The Morgan fingerprint density at radius 3 is 2.82 bits per heavy atom. The Morgan fingerprint density at radius 1 is 1.35 bits per heavy atom. The van der Waals surface area contributed by atoms with Gasteiger partial charge in [-0.3, -0.25) is 0 Å². The van der Waals surface area contributed by atoms with Crippen LogP contribution in [0.2, 0.25) is 5.28 Å². The van der Waals surface area contributed by atoms with E-state index < -0.39 is 0 Å². The molecule has 2 aromatic rings. The van der Waals surface area contributed by atoms with Crippen LogP contribution in [0.15, 0.2) is 11.4 Å². The highest BCUT2D eigenvalue weighted by atomic mass is 35.5. The highest BCUT2D eigenvalue weighted by Gasteiger charge is 2.22. The summed E-state index contributed by atoms with van der Waals surface area (Å²) >= 11 is 7.60. The molecule has 3 rings (SSSR count). The van der Waals surface area contributed by atoms with E-state index in [0.29, 0.717) is 16.4 Å². The average Bonchev–Trinajstić information content (AvgIpc) is 2.96. The summed E-state index contributed by atoms with van der Waals surface area (Å²) in [6, 6.07) is 0. The normalized spacial score (nSPS) is 17.1. The number of halogens is 1. The van der Waals surface area contributed by atoms with Crippen LogP contribution in [0.25, 0.3) is 5.65 Å². The maximum absolute atomic E-state index is 6.10. The Morgan fingerprint density at radius 2 is 2.12 bits per heavy atom. The minimum Gasteiger partial charge on any atom is -0.202 e. The molecule has 0 amide bonds. The number of nitrogens with zero attached hydrogens (tertiary/aromatic N) is 4. The molecule has 1 saturated carbocycles. The van der Waals surface area contributed by atoms with Crippen molar-refractivity contribution in [1.29, 1.82) is 0 Å². The smallest absolute Gasteiger partial charge is 0.202 e. The molecule has 0 radical (unpaired) electrons. The first-order valence-corrected chi connectivity index (χ1v) is 7.35. The number of hydrogen-bond acceptors (Lipinski definition) is 4. The van der Waals surface area contributed by atoms with Gasteiger partial charge in [0.15, 0.2) is 10.8 Å². The minimum atomic E-state index is 0.392. The summed E-state index contributed by atoms with van der Waals surface area (Å²) in [4.78, 5) is 8.70. The van der Waals surface area contributed by atoms with Crippen LogP contribution in [0.1, 0.15) is 37.2 Å². The first-order chi connectivity index (χ1) is 8.29. The number of thioether (sulfide) groups is 1. The largest absolute Gasteiger partial charge is 0.228 e. The average molecular weight is 269 g/mol. The van der Waals surface area contributed by atoms with Gasteiger partial charge in [0.1, 0.15) is 0 Å². The summed E-state index contributed by atoms with van der Waals surface area (Å²) in [6.45, 7) is 0. The molecule has 90 valence electrons. The predicted octanol–water partition coefficient (Wildman–Crippen LogP) is 3.16. The van der Waals surface area contributed by atoms with Crippen molar-refractivity contribution in [3.8, 4) is 0 Å². The zero-order chi connectivity index (χ0) is 11.8. The van der Waals surface area contributed by atoms with Crippen molar-refractivity contribution in [1.82, 2.24) is 19.6 Å². The monoisotopic (exact) mass is 268 g/mol. The Labute approximate surface area is 109 Å². The summed E-state index contributed by atoms with van der Waals surface area (Å²) in [6.07, 6.45) is 8.92. The van der Waals surface area contributed by atoms with E-state index in [0.717, 1.165) is 5.65 Å². The molecule has 4 nitrogen and oxygen atoms in total. The van der Waals surface area contributed by atoms with Crippen LogP contribution in [-0.4, -0.2) is 25.8 Å². The van der Waals surface area contributed by atoms with Crippen LogP contribution in [0, 0.1) is 0 Å². The summed E-state index contributed by atoms with van der Waals surface area (Å²) < 4.78 is 1.63. The number of aromatic nitrogens is 4. The molecule has 2 heterocycles. The van der Waals surface area contributed by atoms with Gasteiger partial charge in [0.2, 0.25) is 5.28 Å². The van der Waals surface area contributed by atoms with Gasteiger partial charge >= 0.3 is 0 Å². The molecule has 17 heavy (non-hydrogen) atoms. The molecular formula is C11H13ClN4S. The Hall–Kier alpha value is -0.810. The van der Waals surface area contributed by atoms with E-state index in [1.807, 2.05) is 12.5 Å². The molecule has 0 unspecified atom stereocenters. The van der Waals surface area contributed by atoms with Crippen molar-refractivity contribution in [3.63, 3.8) is 0 Å². The fourth-order valence-electron chi connectivity index (χ4n) is 2.46. The van der Waals surface area contributed by atoms with E-state index in [4.69, 9.17) is 11.6 Å². The van der Waals surface area contributed by atoms with Crippen LogP contribution in [0.3, 0.4) is 0 Å². The van der Waals surface area contributed by atoms with Crippen LogP contribution in [0.4, 0.5) is 0 Å². The molecule has 0 spiro atoms. The molecule has 2 aromatic heterocycles. The zero-order valence-electron chi connectivity index (χ0n) is 9.56. The van der Waals surface area contributed by atoms with Crippen molar-refractivity contribution in [2.45, 2.75) is 36.8 Å². The maximum Gasteiger partial charge on any atom is 0.228 e. The lowest BCUT2D eigenvalue weighted by Gasteiger charge is -2.06. The Balaban J connectivity index is 2.15. The standard InChI is InChI=1S/C11H13ClN4S/c1-17-11-14-9-8(7-4-2-3-5-7)6-13-16(9)10(12)15-11/h6-7H,2-5H2,1H3. The second-order valence-corrected chi connectivity index (χ2v) is 5.41. The van der Waals surface area contributed by atoms with Gasteiger partial charge in [-0.1, -0.05) is 24.6 Å². The summed E-state index contributed by atoms with van der Waals surface area (Å²) in [5.74, 6) is 0.591. The molecule has 0 aromatic carbocycles. The second-order valence-electron chi connectivity index (χ2n) is 4.30. The van der Waals surface area contributed by atoms with Crippen molar-refractivity contribution in [2.24, 2.45) is 0 Å². The first-order valence-electron chi connectivity index (χ1n) is 5.75. The van der Waals surface area contributed by atoms with Crippen molar-refractivity contribution in [2.75, 3.05) is 6.26 Å². The number of rotatable bonds is 2. The van der Waals surface area contributed by atoms with Crippen molar-refractivity contribution in [3.05, 3.63) is 17.0 Å². The molecule has 0 atom stereocenters. The Kier molecular flexibility index (Phi) is 2.96. The Bertz CT molecular complexity index is 548. The van der Waals surface area contributed by atoms with Gasteiger partial charge in [-0.15, -0.1) is 0 Å². The van der Waals surface area contributed by atoms with E-state index in [9.17, 15) is 0 Å². The fraction of sp³-hybridized carbons (Fsp3) is 0.545. The van der Waals surface area contributed by atoms with Gasteiger partial charge in [0, 0.05) is 5.56 Å². The molecule has 0 saturated heterocycles. The van der Waals surface area contributed by atoms with Crippen LogP contribution >= 0.6 is 23.4 Å². The highest BCUT2D eigenvalue weighted by Crippen LogP contribution is 2.36. The highest BCUT2D eigenvalue weighted by molar-refractivity contribution is 7.98. The van der Waals surface area contributed by atoms with Crippen LogP contribution < -0.4 is 0 Å². The van der Waals surface area contributed by atoms with Gasteiger partial charge in [0.25, 0.3) is 0 Å². The minimum absolute atomic E-state index is 0.392. The van der Waals surface area contributed by atoms with Crippen molar-refractivity contribution < 1.29 is 0 Å². The van der Waals surface area contributed by atoms with E-state index in [1.165, 1.54) is 43.0 Å². The molecule has 1 aliphatic carbocycles. The summed E-state index contributed by atoms with van der Waals surface area (Å²) in [5, 5.41) is 5.39. The fourth-order valence-corrected chi connectivity index (χ4v) is 3.07. The topological polar surface area (TPSA) is 43.1 Å². The lowest BCUT2D eigenvalue weighted by Crippen LogP contribution is -2.00. The van der Waals surface area contributed by atoms with Gasteiger partial charge in [-0.05, 0) is 36.6 Å². The summed E-state index contributed by atoms with van der Waals surface area (Å²) in [7, 11) is 0. The third kappa shape index (κ3) is 1.91. The van der Waals surface area contributed by atoms with Crippen LogP contribution in [-0.2, 0) is 0 Å². The third-order valence-electron chi connectivity index (χ3n) is 3.31. The number of fused-ring (bicyclic) bond motifs is 1. The van der Waals surface area contributed by atoms with Gasteiger partial charge in [-0.2, -0.15) is 14.6 Å². The van der Waals surface area contributed by atoms with Crippen LogP contribution in [0.5, 0.6) is 0 Å². The lowest BCUT2D eigenvalue weighted by atomic mass is 10.0. The first kappa shape index (κ1) is 11.3. The molecule has 0 bridgehead atoms. The van der Waals surface area contributed by atoms with E-state index in [2.05, 4.69) is 15.1 Å². The molecule has 0 N–H and O–H groups in total. The molecule has 0 aliphatic heterocycles. The van der Waals surface area contributed by atoms with E-state index in [1.54, 1.807) is 4.52 Å². The van der Waals surface area contributed by atoms with Crippen molar-refractivity contribution >= 4 is 29.0 Å². The van der Waals surface area contributed by atoms with Gasteiger partial charge in [-0.25, -0.2) is 4.98 Å². The molecule has 1 fully saturated rings. The number of hydrogen-bond donors (Lipinski definition) is 0. The van der Waals surface area contributed by atoms with Gasteiger partial charge < -0.3 is 0 Å². The van der Waals surface area contributed by atoms with E-state index >= 15 is 0 Å². The SMILES string of the molecule is CSc1nc(Cl)n2ncc(C3CCCC3)c2n1. The third-order valence-corrected chi connectivity index (χ3v) is 4.11. The van der Waals surface area contributed by atoms with E-state index in [-0.39, 0.29) is 0 Å². The molecule has 6 heteroatoms. The second kappa shape index (κ2) is 4.46.